The molecule has 2 atom stereocenters. The Morgan fingerprint density at radius 2 is 1.67 bits per heavy atom. The lowest BCUT2D eigenvalue weighted by Crippen LogP contribution is -2.26. The van der Waals surface area contributed by atoms with Gasteiger partial charge in [0.25, 0.3) is 10.1 Å². The van der Waals surface area contributed by atoms with Crippen molar-refractivity contribution in [1.82, 2.24) is 0 Å². The molecule has 18 heavy (non-hydrogen) atoms. The van der Waals surface area contributed by atoms with Crippen molar-refractivity contribution < 1.29 is 13.0 Å². The number of unbranched alkanes of at least 4 members (excludes halogenated alkanes) is 2. The molecule has 4 heteroatoms. The van der Waals surface area contributed by atoms with Crippen LogP contribution in [0.1, 0.15) is 65.7 Å². The number of allylic oxidation sites excluding steroid dienone is 2. The minimum absolute atomic E-state index is 0.0737. The van der Waals surface area contributed by atoms with E-state index in [1.54, 1.807) is 6.92 Å². The first-order valence-electron chi connectivity index (χ1n) is 7.04. The summed E-state index contributed by atoms with van der Waals surface area (Å²) in [6.07, 6.45) is 11.3. The van der Waals surface area contributed by atoms with Crippen LogP contribution in [0, 0.1) is 5.92 Å². The largest absolute Gasteiger partial charge is 0.285 e. The van der Waals surface area contributed by atoms with Crippen LogP contribution in [0.25, 0.3) is 0 Å². The van der Waals surface area contributed by atoms with E-state index in [-0.39, 0.29) is 5.92 Å². The highest BCUT2D eigenvalue weighted by molar-refractivity contribution is 7.86. The molecule has 0 aliphatic rings. The van der Waals surface area contributed by atoms with Crippen LogP contribution in [0.15, 0.2) is 12.2 Å². The molecule has 0 aromatic carbocycles. The van der Waals surface area contributed by atoms with Gasteiger partial charge < -0.3 is 0 Å². The zero-order chi connectivity index (χ0) is 14.0. The van der Waals surface area contributed by atoms with Crippen LogP contribution >= 0.6 is 0 Å². The highest BCUT2D eigenvalue weighted by atomic mass is 32.2. The van der Waals surface area contributed by atoms with Crippen molar-refractivity contribution in [3.8, 4) is 0 Å². The van der Waals surface area contributed by atoms with Crippen molar-refractivity contribution in [1.29, 1.82) is 0 Å². The van der Waals surface area contributed by atoms with Gasteiger partial charge in [0, 0.05) is 0 Å². The molecule has 0 saturated carbocycles. The van der Waals surface area contributed by atoms with E-state index in [1.807, 2.05) is 6.92 Å². The molecule has 0 heterocycles. The third-order valence-corrected chi connectivity index (χ3v) is 4.69. The molecule has 0 aliphatic heterocycles. The summed E-state index contributed by atoms with van der Waals surface area (Å²) in [5.74, 6) is 0.0737. The molecule has 0 amide bonds. The molecule has 0 radical (unpaired) electrons. The molecule has 0 aliphatic carbocycles. The molecule has 0 saturated heterocycles. The molecule has 0 aromatic rings. The zero-order valence-corrected chi connectivity index (χ0v) is 12.7. The van der Waals surface area contributed by atoms with Crippen molar-refractivity contribution in [2.24, 2.45) is 5.92 Å². The van der Waals surface area contributed by atoms with Crippen LogP contribution in [-0.2, 0) is 10.1 Å². The minimum Gasteiger partial charge on any atom is -0.285 e. The van der Waals surface area contributed by atoms with Crippen molar-refractivity contribution in [3.05, 3.63) is 12.2 Å². The average molecular weight is 276 g/mol. The fourth-order valence-electron chi connectivity index (χ4n) is 2.13. The van der Waals surface area contributed by atoms with Gasteiger partial charge in [0.2, 0.25) is 0 Å². The van der Waals surface area contributed by atoms with Gasteiger partial charge in [-0.25, -0.2) is 0 Å². The van der Waals surface area contributed by atoms with Crippen LogP contribution in [0.3, 0.4) is 0 Å². The van der Waals surface area contributed by atoms with Gasteiger partial charge in [0.1, 0.15) is 0 Å². The first-order valence-corrected chi connectivity index (χ1v) is 8.55. The Morgan fingerprint density at radius 3 is 2.17 bits per heavy atom. The van der Waals surface area contributed by atoms with Gasteiger partial charge >= 0.3 is 0 Å². The van der Waals surface area contributed by atoms with E-state index >= 15 is 0 Å². The molecule has 0 bridgehead atoms. The minimum atomic E-state index is -3.89. The molecular weight excluding hydrogens is 248 g/mol. The summed E-state index contributed by atoms with van der Waals surface area (Å²) < 4.78 is 31.4. The Bertz CT molecular complexity index is 320. The van der Waals surface area contributed by atoms with Crippen LogP contribution in [0.4, 0.5) is 0 Å². The maximum absolute atomic E-state index is 11.2. The Morgan fingerprint density at radius 1 is 1.06 bits per heavy atom. The van der Waals surface area contributed by atoms with E-state index in [0.717, 1.165) is 44.9 Å². The second kappa shape index (κ2) is 9.56. The molecule has 0 rings (SSSR count). The lowest BCUT2D eigenvalue weighted by Gasteiger charge is -2.20. The number of hydrogen-bond donors (Lipinski definition) is 1. The summed E-state index contributed by atoms with van der Waals surface area (Å²) in [7, 11) is -3.89. The molecule has 108 valence electrons. The van der Waals surface area contributed by atoms with Gasteiger partial charge in [-0.15, -0.1) is 0 Å². The Kier molecular flexibility index (Phi) is 9.38. The first kappa shape index (κ1) is 17.6. The smallest absolute Gasteiger partial charge is 0.267 e. The Hall–Kier alpha value is -0.350. The van der Waals surface area contributed by atoms with Crippen molar-refractivity contribution >= 4 is 10.1 Å². The predicted octanol–water partition coefficient (Wildman–Crippen LogP) is 4.21. The van der Waals surface area contributed by atoms with E-state index in [1.165, 1.54) is 0 Å². The fourth-order valence-corrected chi connectivity index (χ4v) is 2.89. The van der Waals surface area contributed by atoms with E-state index in [4.69, 9.17) is 4.55 Å². The summed E-state index contributed by atoms with van der Waals surface area (Å²) in [5, 5.41) is -0.642. The van der Waals surface area contributed by atoms with Crippen LogP contribution in [0.2, 0.25) is 0 Å². The maximum atomic E-state index is 11.2. The predicted molar refractivity (Wildman–Crippen MR) is 77.3 cm³/mol. The normalized spacial score (nSPS) is 16.0. The number of hydrogen-bond acceptors (Lipinski definition) is 2. The standard InChI is InChI=1S/C14H28O3S/c1-4-6-7-8-9-10-12-14(11-5-2)13(3)18(15,16)17/h7-8,13-14H,4-6,9-12H2,1-3H3,(H,15,16,17). The third kappa shape index (κ3) is 7.88. The molecule has 2 unspecified atom stereocenters. The maximum Gasteiger partial charge on any atom is 0.267 e. The van der Waals surface area contributed by atoms with Crippen LogP contribution < -0.4 is 0 Å². The van der Waals surface area contributed by atoms with Gasteiger partial charge in [-0.3, -0.25) is 4.55 Å². The van der Waals surface area contributed by atoms with Crippen LogP contribution in [-0.4, -0.2) is 18.2 Å². The van der Waals surface area contributed by atoms with Crippen molar-refractivity contribution in [3.63, 3.8) is 0 Å². The highest BCUT2D eigenvalue weighted by Gasteiger charge is 2.26. The topological polar surface area (TPSA) is 54.4 Å². The second-order valence-electron chi connectivity index (χ2n) is 4.96. The van der Waals surface area contributed by atoms with Gasteiger partial charge in [0.15, 0.2) is 0 Å². The summed E-state index contributed by atoms with van der Waals surface area (Å²) in [5.41, 5.74) is 0. The van der Waals surface area contributed by atoms with Gasteiger partial charge in [0.05, 0.1) is 5.25 Å². The van der Waals surface area contributed by atoms with Gasteiger partial charge in [-0.05, 0) is 44.9 Å². The fraction of sp³-hybridized carbons (Fsp3) is 0.857. The lowest BCUT2D eigenvalue weighted by atomic mass is 9.94. The highest BCUT2D eigenvalue weighted by Crippen LogP contribution is 2.23. The van der Waals surface area contributed by atoms with E-state index < -0.39 is 15.4 Å². The Balaban J connectivity index is 4.13. The molecule has 0 spiro atoms. The van der Waals surface area contributed by atoms with Gasteiger partial charge in [-0.1, -0.05) is 38.8 Å². The summed E-state index contributed by atoms with van der Waals surface area (Å²) in [6, 6.07) is 0. The van der Waals surface area contributed by atoms with Crippen molar-refractivity contribution in [2.75, 3.05) is 0 Å². The quantitative estimate of drug-likeness (QED) is 0.369. The lowest BCUT2D eigenvalue weighted by molar-refractivity contribution is 0.386. The monoisotopic (exact) mass is 276 g/mol. The SMILES string of the molecule is CCCC=CCCCC(CCC)C(C)S(=O)(=O)O. The summed E-state index contributed by atoms with van der Waals surface area (Å²) in [6.45, 7) is 5.81. The first-order chi connectivity index (χ1) is 8.43. The average Bonchev–Trinajstić information content (AvgIpc) is 2.30. The number of rotatable bonds is 10. The van der Waals surface area contributed by atoms with E-state index in [2.05, 4.69) is 19.1 Å². The molecular formula is C14H28O3S. The van der Waals surface area contributed by atoms with Crippen LogP contribution in [0.5, 0.6) is 0 Å². The molecule has 1 N–H and O–H groups in total. The summed E-state index contributed by atoms with van der Waals surface area (Å²) >= 11 is 0. The summed E-state index contributed by atoms with van der Waals surface area (Å²) in [4.78, 5) is 0. The van der Waals surface area contributed by atoms with E-state index in [9.17, 15) is 8.42 Å². The van der Waals surface area contributed by atoms with E-state index in [0.29, 0.717) is 0 Å². The zero-order valence-electron chi connectivity index (χ0n) is 11.9. The molecule has 0 aromatic heterocycles. The molecule has 0 fully saturated rings. The second-order valence-corrected chi connectivity index (χ2v) is 6.73. The molecule has 3 nitrogen and oxygen atoms in total. The van der Waals surface area contributed by atoms with Crippen molar-refractivity contribution in [2.45, 2.75) is 71.0 Å². The van der Waals surface area contributed by atoms with Gasteiger partial charge in [-0.2, -0.15) is 8.42 Å². The third-order valence-electron chi connectivity index (χ3n) is 3.36. The Labute approximate surface area is 112 Å².